The number of fused-ring (bicyclic) bond motifs is 1. The first kappa shape index (κ1) is 13.2. The zero-order valence-electron chi connectivity index (χ0n) is 11.4. The van der Waals surface area contributed by atoms with Gasteiger partial charge >= 0.3 is 0 Å². The molecule has 0 radical (unpaired) electrons. The second kappa shape index (κ2) is 5.32. The monoisotopic (exact) mass is 284 g/mol. The van der Waals surface area contributed by atoms with E-state index < -0.39 is 0 Å². The molecule has 0 aliphatic heterocycles. The van der Waals surface area contributed by atoms with Gasteiger partial charge in [-0.1, -0.05) is 6.07 Å². The summed E-state index contributed by atoms with van der Waals surface area (Å²) < 4.78 is 14.7. The zero-order chi connectivity index (χ0) is 14.8. The molecule has 3 rings (SSSR count). The number of amides is 1. The number of aryl methyl sites for hydroxylation is 1. The maximum Gasteiger partial charge on any atom is 0.231 e. The highest BCUT2D eigenvalue weighted by atomic mass is 19.1. The topological polar surface area (TPSA) is 59.3 Å². The van der Waals surface area contributed by atoms with Crippen molar-refractivity contribution in [1.29, 1.82) is 0 Å². The summed E-state index contributed by atoms with van der Waals surface area (Å²) in [6, 6.07) is 6.58. The number of anilines is 1. The van der Waals surface area contributed by atoms with Crippen molar-refractivity contribution < 1.29 is 9.18 Å². The van der Waals surface area contributed by atoms with Crippen LogP contribution in [0.2, 0.25) is 0 Å². The van der Waals surface area contributed by atoms with Gasteiger partial charge in [-0.2, -0.15) is 0 Å². The summed E-state index contributed by atoms with van der Waals surface area (Å²) in [5.41, 5.74) is 2.07. The first-order valence-corrected chi connectivity index (χ1v) is 6.46. The number of halogens is 1. The predicted octanol–water partition coefficient (Wildman–Crippen LogP) is 2.36. The summed E-state index contributed by atoms with van der Waals surface area (Å²) in [6.07, 6.45) is 4.70. The smallest absolute Gasteiger partial charge is 0.231 e. The molecule has 106 valence electrons. The molecule has 0 aliphatic carbocycles. The van der Waals surface area contributed by atoms with Crippen LogP contribution in [0.5, 0.6) is 0 Å². The lowest BCUT2D eigenvalue weighted by Gasteiger charge is -2.05. The van der Waals surface area contributed by atoms with Gasteiger partial charge in [0, 0.05) is 18.6 Å². The number of hydrogen-bond acceptors (Lipinski definition) is 3. The minimum atomic E-state index is -0.347. The number of nitrogens with one attached hydrogen (secondary N) is 1. The highest BCUT2D eigenvalue weighted by Crippen LogP contribution is 2.11. The molecule has 0 aliphatic rings. The molecule has 0 spiro atoms. The molecular weight excluding hydrogens is 271 g/mol. The van der Waals surface area contributed by atoms with E-state index in [4.69, 9.17) is 0 Å². The number of nitrogens with zero attached hydrogens (tertiary/aromatic N) is 3. The van der Waals surface area contributed by atoms with Crippen molar-refractivity contribution in [3.05, 3.63) is 59.9 Å². The van der Waals surface area contributed by atoms with Gasteiger partial charge in [-0.25, -0.2) is 14.4 Å². The molecule has 0 saturated heterocycles. The van der Waals surface area contributed by atoms with E-state index in [1.807, 2.05) is 19.1 Å². The second-order valence-corrected chi connectivity index (χ2v) is 4.74. The van der Waals surface area contributed by atoms with Crippen molar-refractivity contribution in [2.75, 3.05) is 5.32 Å². The van der Waals surface area contributed by atoms with Crippen LogP contribution in [0.15, 0.2) is 42.9 Å². The second-order valence-electron chi connectivity index (χ2n) is 4.74. The number of pyridine rings is 2. The van der Waals surface area contributed by atoms with Crippen LogP contribution in [0.1, 0.15) is 11.3 Å². The first-order chi connectivity index (χ1) is 10.1. The van der Waals surface area contributed by atoms with Gasteiger partial charge in [0.2, 0.25) is 5.91 Å². The van der Waals surface area contributed by atoms with Gasteiger partial charge in [0.1, 0.15) is 17.3 Å². The van der Waals surface area contributed by atoms with Gasteiger partial charge in [0.15, 0.2) is 0 Å². The summed E-state index contributed by atoms with van der Waals surface area (Å²) in [5.74, 6) is -0.0157. The van der Waals surface area contributed by atoms with Gasteiger partial charge in [-0.15, -0.1) is 0 Å². The van der Waals surface area contributed by atoms with E-state index in [0.717, 1.165) is 5.56 Å². The van der Waals surface area contributed by atoms with Crippen molar-refractivity contribution in [1.82, 2.24) is 14.4 Å². The number of imidazole rings is 1. The number of aromatic nitrogens is 3. The van der Waals surface area contributed by atoms with E-state index in [2.05, 4.69) is 15.3 Å². The van der Waals surface area contributed by atoms with E-state index >= 15 is 0 Å². The van der Waals surface area contributed by atoms with Crippen molar-refractivity contribution in [2.24, 2.45) is 0 Å². The molecule has 3 aromatic rings. The van der Waals surface area contributed by atoms with Crippen molar-refractivity contribution in [3.63, 3.8) is 0 Å². The molecule has 21 heavy (non-hydrogen) atoms. The van der Waals surface area contributed by atoms with E-state index in [1.54, 1.807) is 22.9 Å². The lowest BCUT2D eigenvalue weighted by molar-refractivity contribution is -0.115. The van der Waals surface area contributed by atoms with Crippen LogP contribution in [-0.2, 0) is 11.2 Å². The summed E-state index contributed by atoms with van der Waals surface area (Å²) >= 11 is 0. The van der Waals surface area contributed by atoms with Crippen molar-refractivity contribution >= 4 is 17.4 Å². The summed E-state index contributed by atoms with van der Waals surface area (Å²) in [7, 11) is 0. The van der Waals surface area contributed by atoms with Crippen molar-refractivity contribution in [2.45, 2.75) is 13.3 Å². The number of hydrogen-bond donors (Lipinski definition) is 1. The molecule has 5 nitrogen and oxygen atoms in total. The fourth-order valence-corrected chi connectivity index (χ4v) is 2.06. The fourth-order valence-electron chi connectivity index (χ4n) is 2.06. The molecule has 1 amide bonds. The maximum atomic E-state index is 13.1. The molecule has 0 unspecified atom stereocenters. The van der Waals surface area contributed by atoms with E-state index in [9.17, 15) is 9.18 Å². The molecule has 0 saturated carbocycles. The average Bonchev–Trinajstić information content (AvgIpc) is 2.82. The maximum absolute atomic E-state index is 13.1. The predicted molar refractivity (Wildman–Crippen MR) is 76.5 cm³/mol. The molecule has 0 atom stereocenters. The Balaban J connectivity index is 1.75. The summed E-state index contributed by atoms with van der Waals surface area (Å²) in [5, 5.41) is 2.74. The molecule has 0 bridgehead atoms. The van der Waals surface area contributed by atoms with Gasteiger partial charge in [0.25, 0.3) is 0 Å². The largest absolute Gasteiger partial charge is 0.310 e. The SMILES string of the molecule is Cc1cccnc1NC(=O)Cc1cn2cc(F)ccc2n1. The quantitative estimate of drug-likeness (QED) is 0.803. The molecule has 3 heterocycles. The van der Waals surface area contributed by atoms with Gasteiger partial charge in [-0.05, 0) is 30.7 Å². The van der Waals surface area contributed by atoms with Crippen LogP contribution >= 0.6 is 0 Å². The van der Waals surface area contributed by atoms with Crippen molar-refractivity contribution in [3.8, 4) is 0 Å². The lowest BCUT2D eigenvalue weighted by atomic mass is 10.2. The van der Waals surface area contributed by atoms with E-state index in [1.165, 1.54) is 12.3 Å². The highest BCUT2D eigenvalue weighted by molar-refractivity contribution is 5.91. The molecule has 1 N–H and O–H groups in total. The first-order valence-electron chi connectivity index (χ1n) is 6.46. The van der Waals surface area contributed by atoms with Crippen LogP contribution in [-0.4, -0.2) is 20.3 Å². The zero-order valence-corrected chi connectivity index (χ0v) is 11.4. The number of rotatable bonds is 3. The minimum Gasteiger partial charge on any atom is -0.310 e. The third kappa shape index (κ3) is 2.89. The number of carbonyl (C=O) groups is 1. The molecule has 0 fully saturated rings. The molecular formula is C15H13FN4O. The van der Waals surface area contributed by atoms with Crippen LogP contribution in [0.25, 0.3) is 5.65 Å². The van der Waals surface area contributed by atoms with Crippen LogP contribution in [0, 0.1) is 12.7 Å². The summed E-state index contributed by atoms with van der Waals surface area (Å²) in [4.78, 5) is 20.4. The third-order valence-electron chi connectivity index (χ3n) is 3.07. The standard InChI is InChI=1S/C15H13FN4O/c1-10-3-2-6-17-15(10)19-14(21)7-12-9-20-8-11(16)4-5-13(20)18-12/h2-6,8-9H,7H2,1H3,(H,17,19,21). The Morgan fingerprint density at radius 2 is 2.19 bits per heavy atom. The fraction of sp³-hybridized carbons (Fsp3) is 0.133. The molecule has 6 heteroatoms. The normalized spacial score (nSPS) is 10.8. The Labute approximate surface area is 120 Å². The van der Waals surface area contributed by atoms with Crippen LogP contribution < -0.4 is 5.32 Å². The van der Waals surface area contributed by atoms with Crippen LogP contribution in [0.3, 0.4) is 0 Å². The Morgan fingerprint density at radius 1 is 1.33 bits per heavy atom. The average molecular weight is 284 g/mol. The Bertz CT molecular complexity index is 812. The van der Waals surface area contributed by atoms with Crippen LogP contribution in [0.4, 0.5) is 10.2 Å². The van der Waals surface area contributed by atoms with Gasteiger partial charge in [0.05, 0.1) is 12.1 Å². The molecule has 3 aromatic heterocycles. The van der Waals surface area contributed by atoms with E-state index in [-0.39, 0.29) is 18.1 Å². The Morgan fingerprint density at radius 3 is 3.00 bits per heavy atom. The van der Waals surface area contributed by atoms with Gasteiger partial charge in [-0.3, -0.25) is 4.79 Å². The highest BCUT2D eigenvalue weighted by Gasteiger charge is 2.10. The Kier molecular flexibility index (Phi) is 3.35. The summed E-state index contributed by atoms with van der Waals surface area (Å²) in [6.45, 7) is 1.87. The minimum absolute atomic E-state index is 0.110. The van der Waals surface area contributed by atoms with E-state index in [0.29, 0.717) is 17.2 Å². The Hall–Kier alpha value is -2.76. The van der Waals surface area contributed by atoms with Gasteiger partial charge < -0.3 is 9.72 Å². The number of carbonyl (C=O) groups excluding carboxylic acids is 1. The third-order valence-corrected chi connectivity index (χ3v) is 3.07. The lowest BCUT2D eigenvalue weighted by Crippen LogP contribution is -2.16. The molecule has 0 aromatic carbocycles.